The second kappa shape index (κ2) is 7.83. The van der Waals surface area contributed by atoms with Gasteiger partial charge in [0.1, 0.15) is 18.2 Å². The zero-order valence-corrected chi connectivity index (χ0v) is 13.7. The topological polar surface area (TPSA) is 50.4 Å². The normalized spacial score (nSPS) is 10.3. The van der Waals surface area contributed by atoms with Gasteiger partial charge in [0.2, 0.25) is 0 Å². The molecule has 4 nitrogen and oxygen atoms in total. The van der Waals surface area contributed by atoms with Crippen LogP contribution in [0.25, 0.3) is 0 Å². The summed E-state index contributed by atoms with van der Waals surface area (Å²) >= 11 is 6.09. The van der Waals surface area contributed by atoms with Crippen molar-refractivity contribution in [1.82, 2.24) is 5.32 Å². The van der Waals surface area contributed by atoms with E-state index in [-0.39, 0.29) is 11.8 Å². The first-order valence-electron chi connectivity index (χ1n) is 7.15. The van der Waals surface area contributed by atoms with Crippen molar-refractivity contribution in [3.05, 3.63) is 58.4 Å². The lowest BCUT2D eigenvalue weighted by molar-refractivity contribution is 0.247. The lowest BCUT2D eigenvalue weighted by Gasteiger charge is -2.11. The van der Waals surface area contributed by atoms with E-state index >= 15 is 0 Å². The molecule has 2 aromatic carbocycles. The van der Waals surface area contributed by atoms with Crippen molar-refractivity contribution in [2.75, 3.05) is 18.5 Å². The summed E-state index contributed by atoms with van der Waals surface area (Å²) < 4.78 is 18.4. The van der Waals surface area contributed by atoms with Gasteiger partial charge in [-0.1, -0.05) is 11.6 Å². The van der Waals surface area contributed by atoms with Gasteiger partial charge >= 0.3 is 6.03 Å². The second-order valence-electron chi connectivity index (χ2n) is 5.11. The fraction of sp³-hybridized carbons (Fsp3) is 0.235. The minimum atomic E-state index is -0.372. The van der Waals surface area contributed by atoms with E-state index in [9.17, 15) is 9.18 Å². The molecule has 0 aromatic heterocycles. The Bertz CT molecular complexity index is 666. The third-order valence-electron chi connectivity index (χ3n) is 3.17. The third kappa shape index (κ3) is 5.14. The van der Waals surface area contributed by atoms with E-state index in [4.69, 9.17) is 16.3 Å². The predicted molar refractivity (Wildman–Crippen MR) is 89.8 cm³/mol. The van der Waals surface area contributed by atoms with Crippen LogP contribution in [0.5, 0.6) is 5.75 Å². The first kappa shape index (κ1) is 17.1. The Morgan fingerprint density at radius 2 is 1.78 bits per heavy atom. The van der Waals surface area contributed by atoms with Gasteiger partial charge < -0.3 is 15.4 Å². The molecule has 0 atom stereocenters. The van der Waals surface area contributed by atoms with E-state index in [1.165, 1.54) is 24.3 Å². The smallest absolute Gasteiger partial charge is 0.319 e. The highest BCUT2D eigenvalue weighted by Crippen LogP contribution is 2.25. The van der Waals surface area contributed by atoms with Crippen molar-refractivity contribution in [3.8, 4) is 5.75 Å². The molecule has 6 heteroatoms. The number of ether oxygens (including phenoxy) is 1. The van der Waals surface area contributed by atoms with E-state index in [0.29, 0.717) is 24.6 Å². The summed E-state index contributed by atoms with van der Waals surface area (Å²) in [5.74, 6) is 0.364. The SMILES string of the molecule is Cc1cc(OCCNC(=O)Nc2ccc(F)cc2)cc(C)c1Cl. The molecule has 0 bridgehead atoms. The molecule has 0 unspecified atom stereocenters. The summed E-state index contributed by atoms with van der Waals surface area (Å²) in [4.78, 5) is 11.7. The molecule has 0 fully saturated rings. The maximum absolute atomic E-state index is 12.8. The van der Waals surface area contributed by atoms with E-state index in [1.54, 1.807) is 0 Å². The summed E-state index contributed by atoms with van der Waals surface area (Å²) in [6.07, 6.45) is 0. The first-order chi connectivity index (χ1) is 11.0. The fourth-order valence-electron chi connectivity index (χ4n) is 2.03. The van der Waals surface area contributed by atoms with Crippen LogP contribution < -0.4 is 15.4 Å². The highest BCUT2D eigenvalue weighted by Gasteiger charge is 2.04. The Hall–Kier alpha value is -2.27. The third-order valence-corrected chi connectivity index (χ3v) is 3.76. The Labute approximate surface area is 139 Å². The number of benzene rings is 2. The molecule has 0 heterocycles. The standard InChI is InChI=1S/C17H18ClFN2O2/c1-11-9-15(10-12(2)16(11)18)23-8-7-20-17(22)21-14-5-3-13(19)4-6-14/h3-6,9-10H,7-8H2,1-2H3,(H2,20,21,22). The highest BCUT2D eigenvalue weighted by atomic mass is 35.5. The van der Waals surface area contributed by atoms with Gasteiger partial charge in [0.25, 0.3) is 0 Å². The highest BCUT2D eigenvalue weighted by molar-refractivity contribution is 6.32. The summed E-state index contributed by atoms with van der Waals surface area (Å²) in [5.41, 5.74) is 2.42. The number of anilines is 1. The Morgan fingerprint density at radius 1 is 1.17 bits per heavy atom. The van der Waals surface area contributed by atoms with Crippen LogP contribution in [0, 0.1) is 19.7 Å². The molecule has 0 aliphatic heterocycles. The molecule has 2 N–H and O–H groups in total. The number of hydrogen-bond donors (Lipinski definition) is 2. The second-order valence-corrected chi connectivity index (χ2v) is 5.49. The molecular formula is C17H18ClFN2O2. The van der Waals surface area contributed by atoms with E-state index in [2.05, 4.69) is 10.6 Å². The Balaban J connectivity index is 1.74. The monoisotopic (exact) mass is 336 g/mol. The summed E-state index contributed by atoms with van der Waals surface area (Å²) in [7, 11) is 0. The van der Waals surface area contributed by atoms with Crippen molar-refractivity contribution in [2.24, 2.45) is 0 Å². The molecule has 0 aliphatic rings. The van der Waals surface area contributed by atoms with Crippen LogP contribution in [0.1, 0.15) is 11.1 Å². The number of urea groups is 1. The lowest BCUT2D eigenvalue weighted by Crippen LogP contribution is -2.32. The Kier molecular flexibility index (Phi) is 5.82. The van der Waals surface area contributed by atoms with Gasteiger partial charge in [-0.05, 0) is 61.4 Å². The van der Waals surface area contributed by atoms with Crippen LogP contribution in [-0.4, -0.2) is 19.2 Å². The average molecular weight is 337 g/mol. The summed E-state index contributed by atoms with van der Waals surface area (Å²) in [5, 5.41) is 6.00. The zero-order chi connectivity index (χ0) is 16.8. The minimum Gasteiger partial charge on any atom is -0.492 e. The maximum Gasteiger partial charge on any atom is 0.319 e. The average Bonchev–Trinajstić information content (AvgIpc) is 2.51. The zero-order valence-electron chi connectivity index (χ0n) is 13.0. The summed E-state index contributed by atoms with van der Waals surface area (Å²) in [6, 6.07) is 8.88. The van der Waals surface area contributed by atoms with Crippen LogP contribution in [0.2, 0.25) is 5.02 Å². The number of rotatable bonds is 5. The van der Waals surface area contributed by atoms with Crippen LogP contribution in [0.4, 0.5) is 14.9 Å². The van der Waals surface area contributed by atoms with Gasteiger partial charge in [0, 0.05) is 10.7 Å². The predicted octanol–water partition coefficient (Wildman–Crippen LogP) is 4.30. The molecule has 0 aliphatic carbocycles. The van der Waals surface area contributed by atoms with E-state index < -0.39 is 0 Å². The van der Waals surface area contributed by atoms with Crippen LogP contribution >= 0.6 is 11.6 Å². The van der Waals surface area contributed by atoms with Crippen molar-refractivity contribution in [1.29, 1.82) is 0 Å². The molecule has 122 valence electrons. The van der Waals surface area contributed by atoms with Gasteiger partial charge in [0.15, 0.2) is 0 Å². The van der Waals surface area contributed by atoms with Crippen molar-refractivity contribution in [3.63, 3.8) is 0 Å². The quantitative estimate of drug-likeness (QED) is 0.800. The molecule has 2 rings (SSSR count). The number of nitrogens with one attached hydrogen (secondary N) is 2. The maximum atomic E-state index is 12.8. The largest absolute Gasteiger partial charge is 0.492 e. The molecule has 0 spiro atoms. The van der Waals surface area contributed by atoms with E-state index in [1.807, 2.05) is 26.0 Å². The number of amides is 2. The molecular weight excluding hydrogens is 319 g/mol. The molecule has 0 radical (unpaired) electrons. The molecule has 23 heavy (non-hydrogen) atoms. The van der Waals surface area contributed by atoms with Crippen molar-refractivity contribution >= 4 is 23.3 Å². The van der Waals surface area contributed by atoms with Gasteiger partial charge in [-0.15, -0.1) is 0 Å². The number of aryl methyl sites for hydroxylation is 2. The molecule has 2 aromatic rings. The molecule has 0 saturated heterocycles. The van der Waals surface area contributed by atoms with Crippen LogP contribution in [0.15, 0.2) is 36.4 Å². The molecule has 0 saturated carbocycles. The number of carbonyl (C=O) groups excluding carboxylic acids is 1. The Morgan fingerprint density at radius 3 is 2.39 bits per heavy atom. The van der Waals surface area contributed by atoms with Gasteiger partial charge in [-0.25, -0.2) is 9.18 Å². The van der Waals surface area contributed by atoms with Gasteiger partial charge in [0.05, 0.1) is 6.54 Å². The number of hydrogen-bond acceptors (Lipinski definition) is 2. The molecule has 2 amide bonds. The number of halogens is 2. The fourth-order valence-corrected chi connectivity index (χ4v) is 2.14. The van der Waals surface area contributed by atoms with E-state index in [0.717, 1.165) is 16.1 Å². The lowest BCUT2D eigenvalue weighted by atomic mass is 10.1. The number of carbonyl (C=O) groups is 1. The van der Waals surface area contributed by atoms with Crippen LogP contribution in [-0.2, 0) is 0 Å². The first-order valence-corrected chi connectivity index (χ1v) is 7.53. The minimum absolute atomic E-state index is 0.331. The van der Waals surface area contributed by atoms with Crippen LogP contribution in [0.3, 0.4) is 0 Å². The summed E-state index contributed by atoms with van der Waals surface area (Å²) in [6.45, 7) is 4.50. The van der Waals surface area contributed by atoms with Crippen molar-refractivity contribution < 1.29 is 13.9 Å². The van der Waals surface area contributed by atoms with Gasteiger partial charge in [-0.3, -0.25) is 0 Å². The van der Waals surface area contributed by atoms with Crippen molar-refractivity contribution in [2.45, 2.75) is 13.8 Å². The van der Waals surface area contributed by atoms with Gasteiger partial charge in [-0.2, -0.15) is 0 Å².